The van der Waals surface area contributed by atoms with Crippen LogP contribution in [-0.2, 0) is 9.47 Å². The fourth-order valence-electron chi connectivity index (χ4n) is 1.40. The van der Waals surface area contributed by atoms with Gasteiger partial charge in [0, 0.05) is 0 Å². The van der Waals surface area contributed by atoms with Gasteiger partial charge in [0.15, 0.2) is 5.79 Å². The van der Waals surface area contributed by atoms with Crippen LogP contribution in [0.2, 0.25) is 0 Å². The minimum Gasteiger partial charge on any atom is -0.386 e. The molecule has 0 saturated carbocycles. The predicted octanol–water partition coefficient (Wildman–Crippen LogP) is 1.24. The van der Waals surface area contributed by atoms with Crippen molar-refractivity contribution in [2.24, 2.45) is 0 Å². The highest BCUT2D eigenvalue weighted by Gasteiger charge is 2.42. The van der Waals surface area contributed by atoms with Crippen LogP contribution in [-0.4, -0.2) is 29.2 Å². The normalized spacial score (nSPS) is 34.1. The first-order chi connectivity index (χ1) is 6.00. The second kappa shape index (κ2) is 3.62. The van der Waals surface area contributed by atoms with Crippen molar-refractivity contribution in [3.05, 3.63) is 25.3 Å². The molecule has 1 unspecified atom stereocenters. The molecule has 1 rings (SSSR count). The molecule has 0 amide bonds. The lowest BCUT2D eigenvalue weighted by Crippen LogP contribution is -2.32. The fourth-order valence-corrected chi connectivity index (χ4v) is 1.40. The summed E-state index contributed by atoms with van der Waals surface area (Å²) in [6, 6.07) is 0. The zero-order valence-corrected chi connectivity index (χ0v) is 8.06. The number of rotatable bonds is 3. The monoisotopic (exact) mass is 184 g/mol. The first-order valence-electron chi connectivity index (χ1n) is 4.29. The van der Waals surface area contributed by atoms with Gasteiger partial charge in [0.1, 0.15) is 18.3 Å². The van der Waals surface area contributed by atoms with E-state index in [9.17, 15) is 5.11 Å². The van der Waals surface area contributed by atoms with Crippen molar-refractivity contribution in [3.63, 3.8) is 0 Å². The molecule has 1 fully saturated rings. The third kappa shape index (κ3) is 2.18. The van der Waals surface area contributed by atoms with Gasteiger partial charge in [0.25, 0.3) is 0 Å². The topological polar surface area (TPSA) is 38.7 Å². The zero-order chi connectivity index (χ0) is 10.1. The summed E-state index contributed by atoms with van der Waals surface area (Å²) in [6.07, 6.45) is 1.68. The number of aliphatic hydroxyl groups is 1. The van der Waals surface area contributed by atoms with Crippen LogP contribution in [0.5, 0.6) is 0 Å². The molecule has 1 N–H and O–H groups in total. The van der Waals surface area contributed by atoms with Gasteiger partial charge in [-0.05, 0) is 13.8 Å². The van der Waals surface area contributed by atoms with E-state index in [1.165, 1.54) is 6.08 Å². The Bertz CT molecular complexity index is 210. The Balaban J connectivity index is 2.74. The van der Waals surface area contributed by atoms with Crippen molar-refractivity contribution in [3.8, 4) is 0 Å². The summed E-state index contributed by atoms with van der Waals surface area (Å²) in [5, 5.41) is 9.52. The van der Waals surface area contributed by atoms with E-state index in [0.29, 0.717) is 0 Å². The molecular weight excluding hydrogens is 168 g/mol. The van der Waals surface area contributed by atoms with E-state index >= 15 is 0 Å². The molecule has 13 heavy (non-hydrogen) atoms. The van der Waals surface area contributed by atoms with E-state index in [4.69, 9.17) is 9.47 Å². The average Bonchev–Trinajstić information content (AvgIpc) is 2.39. The highest BCUT2D eigenvalue weighted by molar-refractivity contribution is 5.00. The number of hydrogen-bond donors (Lipinski definition) is 1. The summed E-state index contributed by atoms with van der Waals surface area (Å²) in [4.78, 5) is 0. The van der Waals surface area contributed by atoms with Crippen LogP contribution in [0.15, 0.2) is 25.3 Å². The summed E-state index contributed by atoms with van der Waals surface area (Å²) in [5.74, 6) is -0.659. The van der Waals surface area contributed by atoms with Gasteiger partial charge in [0.2, 0.25) is 0 Å². The maximum Gasteiger partial charge on any atom is 0.164 e. The first kappa shape index (κ1) is 10.4. The molecule has 3 heteroatoms. The summed E-state index contributed by atoms with van der Waals surface area (Å²) in [6.45, 7) is 10.7. The second-order valence-corrected chi connectivity index (χ2v) is 3.53. The highest BCUT2D eigenvalue weighted by atomic mass is 16.8. The summed E-state index contributed by atoms with van der Waals surface area (Å²) in [5.41, 5.74) is 0. The van der Waals surface area contributed by atoms with Crippen LogP contribution in [0.3, 0.4) is 0 Å². The van der Waals surface area contributed by atoms with Crippen molar-refractivity contribution in [1.82, 2.24) is 0 Å². The lowest BCUT2D eigenvalue weighted by Gasteiger charge is -2.18. The van der Waals surface area contributed by atoms with Crippen LogP contribution in [0.25, 0.3) is 0 Å². The van der Waals surface area contributed by atoms with Crippen LogP contribution in [0, 0.1) is 0 Å². The Morgan fingerprint density at radius 2 is 2.00 bits per heavy atom. The molecule has 0 aromatic carbocycles. The first-order valence-corrected chi connectivity index (χ1v) is 4.29. The van der Waals surface area contributed by atoms with Gasteiger partial charge in [-0.3, -0.25) is 0 Å². The van der Waals surface area contributed by atoms with Crippen molar-refractivity contribution in [2.75, 3.05) is 0 Å². The van der Waals surface area contributed by atoms with Crippen molar-refractivity contribution < 1.29 is 14.6 Å². The molecule has 1 aliphatic rings. The smallest absolute Gasteiger partial charge is 0.164 e. The number of ether oxygens (including phenoxy) is 2. The van der Waals surface area contributed by atoms with Crippen molar-refractivity contribution >= 4 is 0 Å². The van der Waals surface area contributed by atoms with Crippen LogP contribution in [0.4, 0.5) is 0 Å². The number of hydrogen-bond acceptors (Lipinski definition) is 3. The third-order valence-corrected chi connectivity index (χ3v) is 1.97. The molecule has 0 aromatic rings. The molecule has 0 spiro atoms. The largest absolute Gasteiger partial charge is 0.386 e. The molecule has 0 aromatic heterocycles. The Morgan fingerprint density at radius 3 is 2.46 bits per heavy atom. The van der Waals surface area contributed by atoms with Gasteiger partial charge in [0.05, 0.1) is 0 Å². The Labute approximate surface area is 78.7 Å². The van der Waals surface area contributed by atoms with Crippen molar-refractivity contribution in [1.29, 1.82) is 0 Å². The average molecular weight is 184 g/mol. The summed E-state index contributed by atoms with van der Waals surface area (Å²) < 4.78 is 11.0. The minimum absolute atomic E-state index is 0.275. The zero-order valence-electron chi connectivity index (χ0n) is 8.06. The predicted molar refractivity (Wildman–Crippen MR) is 50.2 cm³/mol. The Morgan fingerprint density at radius 1 is 1.38 bits per heavy atom. The molecular formula is C10H16O3. The van der Waals surface area contributed by atoms with E-state index < -0.39 is 18.0 Å². The van der Waals surface area contributed by atoms with Crippen molar-refractivity contribution in [2.45, 2.75) is 37.9 Å². The molecule has 1 saturated heterocycles. The van der Waals surface area contributed by atoms with Gasteiger partial charge in [-0.25, -0.2) is 0 Å². The Hall–Kier alpha value is -0.640. The highest BCUT2D eigenvalue weighted by Crippen LogP contribution is 2.30. The van der Waals surface area contributed by atoms with E-state index in [2.05, 4.69) is 13.2 Å². The molecule has 3 atom stereocenters. The summed E-state index contributed by atoms with van der Waals surface area (Å²) in [7, 11) is 0. The molecule has 3 nitrogen and oxygen atoms in total. The second-order valence-electron chi connectivity index (χ2n) is 3.53. The van der Waals surface area contributed by atoms with E-state index in [-0.39, 0.29) is 6.10 Å². The standard InChI is InChI=1S/C10H16O3/c1-5-7(11)9-8(6-2)12-10(3,4)13-9/h5-9,11H,1-2H2,3-4H3/t7?,8-,9-/m1/s1. The minimum atomic E-state index is -0.718. The van der Waals surface area contributed by atoms with Gasteiger partial charge in [-0.1, -0.05) is 12.2 Å². The lowest BCUT2D eigenvalue weighted by molar-refractivity contribution is -0.150. The van der Waals surface area contributed by atoms with Crippen LogP contribution < -0.4 is 0 Å². The fraction of sp³-hybridized carbons (Fsp3) is 0.600. The maximum absolute atomic E-state index is 9.52. The lowest BCUT2D eigenvalue weighted by atomic mass is 10.1. The van der Waals surface area contributed by atoms with E-state index in [1.54, 1.807) is 19.9 Å². The van der Waals surface area contributed by atoms with Gasteiger partial charge in [-0.15, -0.1) is 13.2 Å². The van der Waals surface area contributed by atoms with Gasteiger partial charge < -0.3 is 14.6 Å². The third-order valence-electron chi connectivity index (χ3n) is 1.97. The molecule has 1 heterocycles. The SMILES string of the molecule is C=CC(O)[C@H]1OC(C)(C)O[C@@H]1C=C. The summed E-state index contributed by atoms with van der Waals surface area (Å²) >= 11 is 0. The molecule has 1 aliphatic heterocycles. The Kier molecular flexibility index (Phi) is 2.91. The molecule has 74 valence electrons. The maximum atomic E-state index is 9.52. The van der Waals surface area contributed by atoms with E-state index in [1.807, 2.05) is 0 Å². The van der Waals surface area contributed by atoms with Gasteiger partial charge in [-0.2, -0.15) is 0 Å². The quantitative estimate of drug-likeness (QED) is 0.671. The molecule has 0 radical (unpaired) electrons. The molecule has 0 aliphatic carbocycles. The number of aliphatic hydroxyl groups excluding tert-OH is 1. The van der Waals surface area contributed by atoms with E-state index in [0.717, 1.165) is 0 Å². The molecule has 0 bridgehead atoms. The van der Waals surface area contributed by atoms with Gasteiger partial charge >= 0.3 is 0 Å². The van der Waals surface area contributed by atoms with Crippen LogP contribution >= 0.6 is 0 Å². The van der Waals surface area contributed by atoms with Crippen LogP contribution in [0.1, 0.15) is 13.8 Å².